The summed E-state index contributed by atoms with van der Waals surface area (Å²) in [6, 6.07) is 14.6. The molecular weight excluding hydrogens is 212 g/mol. The summed E-state index contributed by atoms with van der Waals surface area (Å²) >= 11 is 0. The fourth-order valence-corrected chi connectivity index (χ4v) is 2.40. The van der Waals surface area contributed by atoms with Crippen molar-refractivity contribution >= 4 is 6.47 Å². The van der Waals surface area contributed by atoms with Gasteiger partial charge in [-0.15, -0.1) is 0 Å². The molecule has 0 saturated carbocycles. The van der Waals surface area contributed by atoms with Gasteiger partial charge in [-0.1, -0.05) is 42.5 Å². The van der Waals surface area contributed by atoms with Crippen LogP contribution in [0.1, 0.15) is 16.7 Å². The molecule has 0 aliphatic heterocycles. The van der Waals surface area contributed by atoms with E-state index >= 15 is 0 Å². The molecule has 0 amide bonds. The molecule has 2 heteroatoms. The summed E-state index contributed by atoms with van der Waals surface area (Å²) in [5, 5.41) is 0. The maximum atomic E-state index is 10.0. The predicted molar refractivity (Wildman–Crippen MR) is 65.2 cm³/mol. The van der Waals surface area contributed by atoms with E-state index in [9.17, 15) is 4.79 Å². The van der Waals surface area contributed by atoms with Gasteiger partial charge in [-0.05, 0) is 34.2 Å². The van der Waals surface area contributed by atoms with E-state index in [1.54, 1.807) is 0 Å². The van der Waals surface area contributed by atoms with Crippen LogP contribution >= 0.6 is 0 Å². The van der Waals surface area contributed by atoms with Gasteiger partial charge in [0.1, 0.15) is 6.61 Å². The summed E-state index contributed by atoms with van der Waals surface area (Å²) in [4.78, 5) is 10.0. The Bertz CT molecular complexity index is 573. The summed E-state index contributed by atoms with van der Waals surface area (Å²) in [6.45, 7) is 1.75. The first kappa shape index (κ1) is 10.1. The third kappa shape index (κ3) is 1.72. The largest absolute Gasteiger partial charge is 0.452 e. The summed E-state index contributed by atoms with van der Waals surface area (Å²) < 4.78 is 4.65. The Labute approximate surface area is 99.9 Å². The van der Waals surface area contributed by atoms with Gasteiger partial charge in [-0.3, -0.25) is 0 Å². The molecule has 0 bridgehead atoms. The molecule has 17 heavy (non-hydrogen) atoms. The van der Waals surface area contributed by atoms with Crippen molar-refractivity contribution in [3.63, 3.8) is 0 Å². The Morgan fingerprint density at radius 1 is 1.06 bits per heavy atom. The molecule has 2 aromatic rings. The van der Waals surface area contributed by atoms with Crippen molar-refractivity contribution in [2.45, 2.75) is 13.0 Å². The number of benzene rings is 2. The van der Waals surface area contributed by atoms with Gasteiger partial charge in [0.05, 0.1) is 0 Å². The molecule has 0 aromatic heterocycles. The molecule has 0 fully saturated rings. The molecular formula is C15H11O2. The molecule has 0 saturated heterocycles. The van der Waals surface area contributed by atoms with Gasteiger partial charge in [0.15, 0.2) is 0 Å². The van der Waals surface area contributed by atoms with Crippen molar-refractivity contribution in [3.8, 4) is 11.1 Å². The van der Waals surface area contributed by atoms with E-state index in [0.717, 1.165) is 12.0 Å². The van der Waals surface area contributed by atoms with Crippen LogP contribution in [-0.4, -0.2) is 6.47 Å². The Morgan fingerprint density at radius 3 is 2.76 bits per heavy atom. The first-order valence-corrected chi connectivity index (χ1v) is 5.57. The van der Waals surface area contributed by atoms with Gasteiger partial charge in [0.2, 0.25) is 0 Å². The van der Waals surface area contributed by atoms with Gasteiger partial charge in [0, 0.05) is 0 Å². The average Bonchev–Trinajstić information content (AvgIpc) is 2.74. The summed E-state index contributed by atoms with van der Waals surface area (Å²) in [5.41, 5.74) is 6.29. The number of ether oxygens (including phenoxy) is 1. The molecule has 0 spiro atoms. The Balaban J connectivity index is 1.98. The number of carbonyl (C=O) groups excluding carboxylic acids is 1. The molecule has 3 rings (SSSR count). The maximum Gasteiger partial charge on any atom is 0.417 e. The van der Waals surface area contributed by atoms with Crippen LogP contribution in [0.15, 0.2) is 42.5 Å². The Kier molecular flexibility index (Phi) is 2.41. The lowest BCUT2D eigenvalue weighted by Gasteiger charge is -2.03. The second-order valence-corrected chi connectivity index (χ2v) is 4.20. The normalized spacial score (nSPS) is 11.8. The van der Waals surface area contributed by atoms with Crippen molar-refractivity contribution in [2.24, 2.45) is 0 Å². The van der Waals surface area contributed by atoms with Gasteiger partial charge in [0.25, 0.3) is 0 Å². The SMILES string of the molecule is O=[C]OCc1ccc2c(c1)Cc1ccccc1-2. The van der Waals surface area contributed by atoms with Crippen LogP contribution in [0.3, 0.4) is 0 Å². The molecule has 83 valence electrons. The van der Waals surface area contributed by atoms with Gasteiger partial charge in [-0.2, -0.15) is 0 Å². The fourth-order valence-electron chi connectivity index (χ4n) is 2.40. The summed E-state index contributed by atoms with van der Waals surface area (Å²) in [7, 11) is 0. The second-order valence-electron chi connectivity index (χ2n) is 4.20. The fraction of sp³-hybridized carbons (Fsp3) is 0.133. The van der Waals surface area contributed by atoms with Crippen LogP contribution in [0.4, 0.5) is 0 Å². The van der Waals surface area contributed by atoms with E-state index in [4.69, 9.17) is 0 Å². The number of hydrogen-bond acceptors (Lipinski definition) is 2. The minimum absolute atomic E-state index is 0.299. The first-order valence-electron chi connectivity index (χ1n) is 5.57. The predicted octanol–water partition coefficient (Wildman–Crippen LogP) is 2.84. The van der Waals surface area contributed by atoms with Crippen molar-refractivity contribution in [3.05, 3.63) is 59.2 Å². The zero-order valence-electron chi connectivity index (χ0n) is 9.27. The molecule has 1 radical (unpaired) electrons. The highest BCUT2D eigenvalue weighted by Gasteiger charge is 2.17. The van der Waals surface area contributed by atoms with Crippen LogP contribution in [0.25, 0.3) is 11.1 Å². The van der Waals surface area contributed by atoms with Gasteiger partial charge < -0.3 is 4.74 Å². The molecule has 0 atom stereocenters. The van der Waals surface area contributed by atoms with E-state index < -0.39 is 0 Å². The van der Waals surface area contributed by atoms with E-state index in [0.29, 0.717) is 6.61 Å². The lowest BCUT2D eigenvalue weighted by Crippen LogP contribution is -1.91. The number of rotatable bonds is 3. The topological polar surface area (TPSA) is 26.3 Å². The maximum absolute atomic E-state index is 10.0. The smallest absolute Gasteiger partial charge is 0.417 e. The highest BCUT2D eigenvalue weighted by atomic mass is 16.5. The monoisotopic (exact) mass is 223 g/mol. The molecule has 2 aromatic carbocycles. The third-order valence-electron chi connectivity index (χ3n) is 3.16. The van der Waals surface area contributed by atoms with E-state index in [-0.39, 0.29) is 0 Å². The third-order valence-corrected chi connectivity index (χ3v) is 3.16. The Hall–Kier alpha value is -2.09. The van der Waals surface area contributed by atoms with Crippen molar-refractivity contribution in [1.29, 1.82) is 0 Å². The lowest BCUT2D eigenvalue weighted by molar-refractivity contribution is 0.267. The quantitative estimate of drug-likeness (QED) is 0.682. The minimum Gasteiger partial charge on any atom is -0.452 e. The van der Waals surface area contributed by atoms with E-state index in [1.165, 1.54) is 28.7 Å². The first-order chi connectivity index (χ1) is 8.38. The minimum atomic E-state index is 0.299. The van der Waals surface area contributed by atoms with Crippen molar-refractivity contribution in [2.75, 3.05) is 0 Å². The zero-order chi connectivity index (χ0) is 11.7. The van der Waals surface area contributed by atoms with Gasteiger partial charge >= 0.3 is 6.47 Å². The molecule has 0 unspecified atom stereocenters. The number of hydrogen-bond donors (Lipinski definition) is 0. The Morgan fingerprint density at radius 2 is 1.88 bits per heavy atom. The highest BCUT2D eigenvalue weighted by molar-refractivity contribution is 5.76. The molecule has 1 aliphatic carbocycles. The van der Waals surface area contributed by atoms with E-state index in [2.05, 4.69) is 41.1 Å². The van der Waals surface area contributed by atoms with Crippen LogP contribution in [0, 0.1) is 0 Å². The van der Waals surface area contributed by atoms with Crippen LogP contribution < -0.4 is 0 Å². The van der Waals surface area contributed by atoms with Crippen LogP contribution in [0.5, 0.6) is 0 Å². The van der Waals surface area contributed by atoms with Crippen molar-refractivity contribution < 1.29 is 9.53 Å². The summed E-state index contributed by atoms with van der Waals surface area (Å²) in [6.07, 6.45) is 0.962. The van der Waals surface area contributed by atoms with Gasteiger partial charge in [-0.25, -0.2) is 4.79 Å². The van der Waals surface area contributed by atoms with Crippen LogP contribution in [0.2, 0.25) is 0 Å². The van der Waals surface area contributed by atoms with Crippen molar-refractivity contribution in [1.82, 2.24) is 0 Å². The summed E-state index contributed by atoms with van der Waals surface area (Å²) in [5.74, 6) is 0. The van der Waals surface area contributed by atoms with E-state index in [1.807, 2.05) is 6.07 Å². The standard InChI is InChI=1S/C15H11O2/c16-10-17-9-11-5-6-15-13(7-11)8-12-3-1-2-4-14(12)15/h1-7H,8-9H2. The highest BCUT2D eigenvalue weighted by Crippen LogP contribution is 2.36. The lowest BCUT2D eigenvalue weighted by atomic mass is 10.0. The number of fused-ring (bicyclic) bond motifs is 3. The molecule has 2 nitrogen and oxygen atoms in total. The average molecular weight is 223 g/mol. The van der Waals surface area contributed by atoms with Crippen LogP contribution in [-0.2, 0) is 22.6 Å². The molecule has 1 aliphatic rings. The molecule has 0 heterocycles. The zero-order valence-corrected chi connectivity index (χ0v) is 9.27. The molecule has 0 N–H and O–H groups in total. The second kappa shape index (κ2) is 4.06.